The van der Waals surface area contributed by atoms with Crippen LogP contribution in [0.15, 0.2) is 29.3 Å². The van der Waals surface area contributed by atoms with E-state index >= 15 is 0 Å². The van der Waals surface area contributed by atoms with Gasteiger partial charge >= 0.3 is 6.61 Å². The summed E-state index contributed by atoms with van der Waals surface area (Å²) in [5.74, 6) is 0.789. The molecule has 0 bridgehead atoms. The highest BCUT2D eigenvalue weighted by Crippen LogP contribution is 2.17. The van der Waals surface area contributed by atoms with Crippen molar-refractivity contribution in [2.45, 2.75) is 33.4 Å². The summed E-state index contributed by atoms with van der Waals surface area (Å²) < 4.78 is 28.9. The largest absolute Gasteiger partial charge is 0.435 e. The molecule has 1 aromatic carbocycles. The summed E-state index contributed by atoms with van der Waals surface area (Å²) in [4.78, 5) is 9.90. The minimum Gasteiger partial charge on any atom is -0.435 e. The molecular formula is C17H23F2IN4OS. The minimum absolute atomic E-state index is 0. The van der Waals surface area contributed by atoms with Gasteiger partial charge in [0.1, 0.15) is 5.75 Å². The lowest BCUT2D eigenvalue weighted by atomic mass is 10.2. The summed E-state index contributed by atoms with van der Waals surface area (Å²) in [6.45, 7) is 2.41. The Bertz CT molecular complexity index is 705. The van der Waals surface area contributed by atoms with Crippen LogP contribution in [0, 0.1) is 13.8 Å². The Labute approximate surface area is 173 Å². The number of thiazole rings is 1. The van der Waals surface area contributed by atoms with E-state index in [1.54, 1.807) is 30.5 Å². The van der Waals surface area contributed by atoms with Gasteiger partial charge in [-0.2, -0.15) is 8.78 Å². The lowest BCUT2D eigenvalue weighted by Crippen LogP contribution is -2.37. The molecule has 0 atom stereocenters. The molecule has 1 aromatic heterocycles. The normalized spacial score (nSPS) is 11.2. The number of aromatic nitrogens is 1. The molecule has 0 aliphatic carbocycles. The highest BCUT2D eigenvalue weighted by Gasteiger charge is 2.06. The Hall–Kier alpha value is -1.49. The van der Waals surface area contributed by atoms with Gasteiger partial charge in [-0.15, -0.1) is 35.3 Å². The van der Waals surface area contributed by atoms with E-state index in [4.69, 9.17) is 0 Å². The predicted octanol–water partition coefficient (Wildman–Crippen LogP) is 3.89. The number of aliphatic imine (C=N–C) groups is 1. The molecule has 0 radical (unpaired) electrons. The van der Waals surface area contributed by atoms with Crippen molar-refractivity contribution in [1.82, 2.24) is 15.6 Å². The van der Waals surface area contributed by atoms with Crippen molar-refractivity contribution in [2.24, 2.45) is 4.99 Å². The second kappa shape index (κ2) is 11.3. The van der Waals surface area contributed by atoms with Crippen LogP contribution in [0.3, 0.4) is 0 Å². The molecule has 0 aliphatic heterocycles. The maximum atomic E-state index is 12.3. The number of ether oxygens (including phenoxy) is 1. The second-order valence-electron chi connectivity index (χ2n) is 5.38. The van der Waals surface area contributed by atoms with Crippen LogP contribution in [-0.4, -0.2) is 31.1 Å². The van der Waals surface area contributed by atoms with Gasteiger partial charge in [-0.05, 0) is 31.5 Å². The van der Waals surface area contributed by atoms with Crippen LogP contribution in [0.25, 0.3) is 0 Å². The molecule has 9 heteroatoms. The first kappa shape index (κ1) is 22.6. The molecule has 2 rings (SSSR count). The topological polar surface area (TPSA) is 58.5 Å². The first-order valence-corrected chi connectivity index (χ1v) is 8.70. The first-order valence-electron chi connectivity index (χ1n) is 7.89. The van der Waals surface area contributed by atoms with Crippen LogP contribution < -0.4 is 15.4 Å². The van der Waals surface area contributed by atoms with E-state index in [-0.39, 0.29) is 29.7 Å². The summed E-state index contributed by atoms with van der Waals surface area (Å²) in [6.07, 6.45) is 0.817. The summed E-state index contributed by atoms with van der Waals surface area (Å²) >= 11 is 1.70. The van der Waals surface area contributed by atoms with E-state index in [0.29, 0.717) is 19.0 Å². The van der Waals surface area contributed by atoms with Gasteiger partial charge in [-0.1, -0.05) is 12.1 Å². The first-order chi connectivity index (χ1) is 12.0. The zero-order chi connectivity index (χ0) is 18.2. The van der Waals surface area contributed by atoms with Crippen molar-refractivity contribution in [3.05, 3.63) is 45.4 Å². The predicted molar refractivity (Wildman–Crippen MR) is 112 cm³/mol. The number of guanidine groups is 1. The molecule has 2 aromatic rings. The summed E-state index contributed by atoms with van der Waals surface area (Å²) in [7, 11) is 1.68. The number of aryl methyl sites for hydroxylation is 2. The molecule has 0 aliphatic rings. The van der Waals surface area contributed by atoms with Gasteiger partial charge in [-0.3, -0.25) is 4.99 Å². The zero-order valence-corrected chi connectivity index (χ0v) is 18.0. The van der Waals surface area contributed by atoms with Gasteiger partial charge in [0.05, 0.1) is 10.7 Å². The number of alkyl halides is 2. The molecule has 0 amide bonds. The van der Waals surface area contributed by atoms with Crippen molar-refractivity contribution in [3.63, 3.8) is 0 Å². The van der Waals surface area contributed by atoms with Gasteiger partial charge in [0.2, 0.25) is 0 Å². The van der Waals surface area contributed by atoms with E-state index in [2.05, 4.69) is 32.3 Å². The van der Waals surface area contributed by atoms with E-state index in [1.165, 1.54) is 10.9 Å². The van der Waals surface area contributed by atoms with Crippen molar-refractivity contribution in [3.8, 4) is 5.75 Å². The summed E-state index contributed by atoms with van der Waals surface area (Å²) in [6, 6.07) is 6.59. The summed E-state index contributed by atoms with van der Waals surface area (Å²) in [5.41, 5.74) is 1.90. The molecule has 2 N–H and O–H groups in total. The highest BCUT2D eigenvalue weighted by atomic mass is 127. The van der Waals surface area contributed by atoms with Gasteiger partial charge in [0.25, 0.3) is 0 Å². The Kier molecular flexibility index (Phi) is 9.78. The zero-order valence-electron chi connectivity index (χ0n) is 14.9. The highest BCUT2D eigenvalue weighted by molar-refractivity contribution is 14.0. The Morgan fingerprint density at radius 2 is 2.08 bits per heavy atom. The molecule has 5 nitrogen and oxygen atoms in total. The third-order valence-electron chi connectivity index (χ3n) is 3.51. The third kappa shape index (κ3) is 7.40. The quantitative estimate of drug-likeness (QED) is 0.347. The molecule has 0 fully saturated rings. The van der Waals surface area contributed by atoms with Gasteiger partial charge in [-0.25, -0.2) is 4.98 Å². The number of benzene rings is 1. The fraction of sp³-hybridized carbons (Fsp3) is 0.412. The lowest BCUT2D eigenvalue weighted by Gasteiger charge is -2.12. The number of hydrogen-bond donors (Lipinski definition) is 2. The fourth-order valence-corrected chi connectivity index (χ4v) is 3.11. The smallest absolute Gasteiger partial charge is 0.387 e. The number of halogens is 3. The number of hydrogen-bond acceptors (Lipinski definition) is 4. The number of rotatable bonds is 7. The SMILES string of the molecule is CN=C(NCCc1nc(C)c(C)s1)NCc1cccc(OC(F)F)c1.I. The van der Waals surface area contributed by atoms with E-state index < -0.39 is 6.61 Å². The average molecular weight is 496 g/mol. The van der Waals surface area contributed by atoms with Crippen LogP contribution in [0.4, 0.5) is 8.78 Å². The molecule has 0 saturated heterocycles. The van der Waals surface area contributed by atoms with Gasteiger partial charge in [0, 0.05) is 31.4 Å². The van der Waals surface area contributed by atoms with Gasteiger partial charge < -0.3 is 15.4 Å². The maximum Gasteiger partial charge on any atom is 0.387 e. The average Bonchev–Trinajstić information content (AvgIpc) is 2.88. The Balaban J connectivity index is 0.00000338. The third-order valence-corrected chi connectivity index (χ3v) is 4.64. The van der Waals surface area contributed by atoms with Crippen molar-refractivity contribution >= 4 is 41.3 Å². The fourth-order valence-electron chi connectivity index (χ4n) is 2.17. The maximum absolute atomic E-state index is 12.3. The second-order valence-corrected chi connectivity index (χ2v) is 6.67. The molecule has 0 saturated carbocycles. The standard InChI is InChI=1S/C17H22F2N4OS.HI/c1-11-12(2)25-15(23-11)7-8-21-17(20-3)22-10-13-5-4-6-14(9-13)24-16(18)19;/h4-6,9,16H,7-8,10H2,1-3H3,(H2,20,21,22);1H. The molecule has 144 valence electrons. The van der Waals surface area contributed by atoms with Crippen molar-refractivity contribution < 1.29 is 13.5 Å². The minimum atomic E-state index is -2.82. The van der Waals surface area contributed by atoms with E-state index in [0.717, 1.165) is 22.7 Å². The van der Waals surface area contributed by atoms with Crippen LogP contribution in [0.5, 0.6) is 5.75 Å². The van der Waals surface area contributed by atoms with E-state index in [1.807, 2.05) is 13.0 Å². The van der Waals surface area contributed by atoms with Gasteiger partial charge in [0.15, 0.2) is 5.96 Å². The van der Waals surface area contributed by atoms with Crippen molar-refractivity contribution in [1.29, 1.82) is 0 Å². The molecular weight excluding hydrogens is 473 g/mol. The summed E-state index contributed by atoms with van der Waals surface area (Å²) in [5, 5.41) is 7.46. The van der Waals surface area contributed by atoms with E-state index in [9.17, 15) is 8.78 Å². The lowest BCUT2D eigenvalue weighted by molar-refractivity contribution is -0.0498. The van der Waals surface area contributed by atoms with Crippen LogP contribution in [0.2, 0.25) is 0 Å². The van der Waals surface area contributed by atoms with Crippen LogP contribution in [-0.2, 0) is 13.0 Å². The number of nitrogens with zero attached hydrogens (tertiary/aromatic N) is 2. The van der Waals surface area contributed by atoms with Crippen molar-refractivity contribution in [2.75, 3.05) is 13.6 Å². The number of nitrogens with one attached hydrogen (secondary N) is 2. The van der Waals surface area contributed by atoms with Crippen LogP contribution >= 0.6 is 35.3 Å². The molecule has 0 spiro atoms. The monoisotopic (exact) mass is 496 g/mol. The Morgan fingerprint density at radius 3 is 2.69 bits per heavy atom. The molecule has 26 heavy (non-hydrogen) atoms. The van der Waals surface area contributed by atoms with Crippen LogP contribution in [0.1, 0.15) is 21.1 Å². The molecule has 0 unspecified atom stereocenters. The molecule has 1 heterocycles. The Morgan fingerprint density at radius 1 is 1.31 bits per heavy atom.